The van der Waals surface area contributed by atoms with Crippen LogP contribution in [0.15, 0.2) is 30.4 Å². The van der Waals surface area contributed by atoms with Gasteiger partial charge in [-0.1, -0.05) is 12.2 Å². The molecule has 2 amide bonds. The Kier molecular flexibility index (Phi) is 3.69. The van der Waals surface area contributed by atoms with Crippen molar-refractivity contribution in [2.75, 3.05) is 6.54 Å². The lowest BCUT2D eigenvalue weighted by Crippen LogP contribution is -2.31. The van der Waals surface area contributed by atoms with E-state index in [2.05, 4.69) is 5.32 Å². The number of allylic oxidation sites excluding steroid dienone is 2. The molecule has 5 nitrogen and oxygen atoms in total. The Morgan fingerprint density at radius 2 is 2.39 bits per heavy atom. The van der Waals surface area contributed by atoms with Gasteiger partial charge in [-0.05, 0) is 25.1 Å². The van der Waals surface area contributed by atoms with Crippen LogP contribution < -0.4 is 11.1 Å². The fraction of sp³-hybridized carbons (Fsp3) is 0.250. The molecule has 6 heteroatoms. The molecule has 2 heterocycles. The van der Waals surface area contributed by atoms with Gasteiger partial charge in [0, 0.05) is 4.88 Å². The van der Waals surface area contributed by atoms with Crippen molar-refractivity contribution in [1.82, 2.24) is 10.4 Å². The molecule has 0 aromatic carbocycles. The number of urea groups is 1. The third kappa shape index (κ3) is 2.72. The molecule has 2 rings (SSSR count). The molecule has 0 radical (unpaired) electrons. The number of amides is 2. The fourth-order valence-electron chi connectivity index (χ4n) is 1.72. The lowest BCUT2D eigenvalue weighted by Gasteiger charge is -2.19. The Morgan fingerprint density at radius 3 is 3.06 bits per heavy atom. The SMILES string of the molecule is CC(NC(N)=O)c1ccc(C2=CC=CCN2O)s1. The first-order valence-corrected chi connectivity index (χ1v) is 6.39. The minimum Gasteiger partial charge on any atom is -0.352 e. The van der Waals surface area contributed by atoms with Crippen LogP contribution in [-0.2, 0) is 0 Å². The van der Waals surface area contributed by atoms with Crippen molar-refractivity contribution in [2.45, 2.75) is 13.0 Å². The van der Waals surface area contributed by atoms with Crippen LogP contribution in [0, 0.1) is 0 Å². The zero-order chi connectivity index (χ0) is 13.1. The fourth-order valence-corrected chi connectivity index (χ4v) is 2.76. The van der Waals surface area contributed by atoms with Crippen molar-refractivity contribution < 1.29 is 10.0 Å². The number of nitrogens with zero attached hydrogens (tertiary/aromatic N) is 1. The van der Waals surface area contributed by atoms with Crippen LogP contribution in [0.25, 0.3) is 5.70 Å². The second kappa shape index (κ2) is 5.24. The summed E-state index contributed by atoms with van der Waals surface area (Å²) in [6, 6.07) is 3.18. The summed E-state index contributed by atoms with van der Waals surface area (Å²) in [4.78, 5) is 12.7. The standard InChI is InChI=1S/C12H15N3O2S/c1-8(14-12(13)16)10-5-6-11(18-10)9-4-2-3-7-15(9)17/h2-6,8,17H,7H2,1H3,(H3,13,14,16). The van der Waals surface area contributed by atoms with E-state index in [4.69, 9.17) is 5.73 Å². The van der Waals surface area contributed by atoms with Crippen molar-refractivity contribution in [3.05, 3.63) is 40.1 Å². The van der Waals surface area contributed by atoms with Crippen LogP contribution in [0.2, 0.25) is 0 Å². The predicted molar refractivity (Wildman–Crippen MR) is 71.1 cm³/mol. The molecule has 1 atom stereocenters. The van der Waals surface area contributed by atoms with Gasteiger partial charge in [-0.25, -0.2) is 4.79 Å². The normalized spacial score (nSPS) is 16.3. The van der Waals surface area contributed by atoms with Gasteiger partial charge in [0.15, 0.2) is 0 Å². The van der Waals surface area contributed by atoms with E-state index in [1.165, 1.54) is 16.4 Å². The molecular formula is C12H15N3O2S. The maximum atomic E-state index is 10.8. The summed E-state index contributed by atoms with van der Waals surface area (Å²) in [5.74, 6) is 0. The molecule has 0 spiro atoms. The first-order chi connectivity index (χ1) is 8.58. The summed E-state index contributed by atoms with van der Waals surface area (Å²) in [5, 5.41) is 13.6. The summed E-state index contributed by atoms with van der Waals surface area (Å²) in [6.45, 7) is 2.35. The van der Waals surface area contributed by atoms with Gasteiger partial charge in [0.2, 0.25) is 0 Å². The van der Waals surface area contributed by atoms with Gasteiger partial charge in [-0.15, -0.1) is 11.3 Å². The summed E-state index contributed by atoms with van der Waals surface area (Å²) in [6.07, 6.45) is 5.63. The van der Waals surface area contributed by atoms with Crippen LogP contribution in [0.1, 0.15) is 22.7 Å². The van der Waals surface area contributed by atoms with Gasteiger partial charge in [0.25, 0.3) is 0 Å². The quantitative estimate of drug-likeness (QED) is 0.783. The van der Waals surface area contributed by atoms with Gasteiger partial charge < -0.3 is 11.1 Å². The molecule has 0 saturated heterocycles. The number of nitrogens with one attached hydrogen (secondary N) is 1. The average molecular weight is 265 g/mol. The Balaban J connectivity index is 2.17. The second-order valence-electron chi connectivity index (χ2n) is 3.99. The van der Waals surface area contributed by atoms with Crippen LogP contribution in [0.4, 0.5) is 4.79 Å². The van der Waals surface area contributed by atoms with Crippen molar-refractivity contribution in [1.29, 1.82) is 0 Å². The summed E-state index contributed by atoms with van der Waals surface area (Å²) >= 11 is 1.52. The minimum atomic E-state index is -0.541. The highest BCUT2D eigenvalue weighted by Crippen LogP contribution is 2.30. The molecule has 1 aliphatic rings. The van der Waals surface area contributed by atoms with Crippen molar-refractivity contribution >= 4 is 23.1 Å². The third-order valence-corrected chi connectivity index (χ3v) is 3.90. The zero-order valence-corrected chi connectivity index (χ0v) is 10.8. The maximum absolute atomic E-state index is 10.8. The highest BCUT2D eigenvalue weighted by atomic mass is 32.1. The van der Waals surface area contributed by atoms with E-state index in [1.54, 1.807) is 0 Å². The number of carbonyl (C=O) groups is 1. The summed E-state index contributed by atoms with van der Waals surface area (Å²) in [7, 11) is 0. The third-order valence-electron chi connectivity index (χ3n) is 2.61. The molecule has 1 unspecified atom stereocenters. The van der Waals surface area contributed by atoms with E-state index in [0.29, 0.717) is 6.54 Å². The number of hydroxylamine groups is 2. The number of carbonyl (C=O) groups excluding carboxylic acids is 1. The second-order valence-corrected chi connectivity index (χ2v) is 5.11. The van der Waals surface area contributed by atoms with E-state index in [-0.39, 0.29) is 6.04 Å². The topological polar surface area (TPSA) is 78.6 Å². The molecular weight excluding hydrogens is 250 g/mol. The van der Waals surface area contributed by atoms with Crippen molar-refractivity contribution in [3.63, 3.8) is 0 Å². The number of hydrogen-bond donors (Lipinski definition) is 3. The van der Waals surface area contributed by atoms with E-state index in [0.717, 1.165) is 15.5 Å². The number of rotatable bonds is 3. The molecule has 1 aromatic heterocycles. The molecule has 1 aromatic rings. The smallest absolute Gasteiger partial charge is 0.312 e. The highest BCUT2D eigenvalue weighted by Gasteiger charge is 2.15. The summed E-state index contributed by atoms with van der Waals surface area (Å²) in [5.41, 5.74) is 5.85. The average Bonchev–Trinajstić information content (AvgIpc) is 2.78. The van der Waals surface area contributed by atoms with Gasteiger partial charge in [0.1, 0.15) is 0 Å². The highest BCUT2D eigenvalue weighted by molar-refractivity contribution is 7.13. The number of thiophene rings is 1. The summed E-state index contributed by atoms with van der Waals surface area (Å²) < 4.78 is 0. The molecule has 0 saturated carbocycles. The number of primary amides is 1. The van der Waals surface area contributed by atoms with E-state index < -0.39 is 6.03 Å². The molecule has 0 fully saturated rings. The first-order valence-electron chi connectivity index (χ1n) is 5.57. The largest absolute Gasteiger partial charge is 0.352 e. The molecule has 96 valence electrons. The van der Waals surface area contributed by atoms with E-state index in [9.17, 15) is 10.0 Å². The Labute approximate surface area is 109 Å². The van der Waals surface area contributed by atoms with Gasteiger partial charge in [-0.2, -0.15) is 0 Å². The molecule has 18 heavy (non-hydrogen) atoms. The lowest BCUT2D eigenvalue weighted by molar-refractivity contribution is -0.0162. The molecule has 1 aliphatic heterocycles. The van der Waals surface area contributed by atoms with Gasteiger partial charge in [0.05, 0.1) is 23.2 Å². The van der Waals surface area contributed by atoms with Gasteiger partial charge >= 0.3 is 6.03 Å². The van der Waals surface area contributed by atoms with Crippen LogP contribution in [0.3, 0.4) is 0 Å². The monoisotopic (exact) mass is 265 g/mol. The molecule has 0 bridgehead atoms. The Bertz CT molecular complexity index is 507. The number of hydrogen-bond acceptors (Lipinski definition) is 4. The van der Waals surface area contributed by atoms with Crippen LogP contribution in [-0.4, -0.2) is 22.8 Å². The van der Waals surface area contributed by atoms with Gasteiger partial charge in [-0.3, -0.25) is 10.3 Å². The Hall–Kier alpha value is -1.79. The maximum Gasteiger partial charge on any atom is 0.312 e. The number of nitrogens with two attached hydrogens (primary N) is 1. The zero-order valence-electron chi connectivity index (χ0n) is 9.96. The Morgan fingerprint density at radius 1 is 1.61 bits per heavy atom. The molecule has 4 N–H and O–H groups in total. The van der Waals surface area contributed by atoms with Crippen molar-refractivity contribution in [3.8, 4) is 0 Å². The minimum absolute atomic E-state index is 0.131. The van der Waals surface area contributed by atoms with Crippen LogP contribution >= 0.6 is 11.3 Å². The van der Waals surface area contributed by atoms with Crippen LogP contribution in [0.5, 0.6) is 0 Å². The van der Waals surface area contributed by atoms with E-state index in [1.807, 2.05) is 37.3 Å². The van der Waals surface area contributed by atoms with E-state index >= 15 is 0 Å². The lowest BCUT2D eigenvalue weighted by atomic mass is 10.2. The first kappa shape index (κ1) is 12.7. The van der Waals surface area contributed by atoms with Crippen molar-refractivity contribution in [2.24, 2.45) is 5.73 Å². The molecule has 0 aliphatic carbocycles. The predicted octanol–water partition coefficient (Wildman–Crippen LogP) is 2.08.